The Hall–Kier alpha value is -1.78. The number of benzene rings is 2. The van der Waals surface area contributed by atoms with Crippen molar-refractivity contribution in [2.75, 3.05) is 0 Å². The first-order valence-corrected chi connectivity index (χ1v) is 13.2. The summed E-state index contributed by atoms with van der Waals surface area (Å²) >= 11 is 7.54. The minimum absolute atomic E-state index is 0.214. The highest BCUT2D eigenvalue weighted by atomic mass is 79.9. The van der Waals surface area contributed by atoms with Gasteiger partial charge in [-0.1, -0.05) is 56.1 Å². The first-order chi connectivity index (χ1) is 15.6. The molecule has 32 heavy (non-hydrogen) atoms. The Labute approximate surface area is 205 Å². The molecule has 8 rings (SSSR count). The van der Waals surface area contributed by atoms with E-state index in [2.05, 4.69) is 80.4 Å². The average molecular weight is 548 g/mol. The quantitative estimate of drug-likeness (QED) is 0.253. The molecule has 4 heteroatoms. The van der Waals surface area contributed by atoms with Crippen LogP contribution in [0.5, 0.6) is 0 Å². The summed E-state index contributed by atoms with van der Waals surface area (Å²) in [6, 6.07) is 17.8. The molecule has 4 aliphatic carbocycles. The number of aromatic nitrogens is 2. The number of hydrogen-bond donors (Lipinski definition) is 0. The van der Waals surface area contributed by atoms with E-state index < -0.39 is 0 Å². The molecule has 2 aromatic carbocycles. The van der Waals surface area contributed by atoms with Crippen molar-refractivity contribution < 1.29 is 0 Å². The summed E-state index contributed by atoms with van der Waals surface area (Å²) in [6.07, 6.45) is 11.8. The van der Waals surface area contributed by atoms with Gasteiger partial charge in [0.05, 0.1) is 11.0 Å². The van der Waals surface area contributed by atoms with Gasteiger partial charge in [-0.05, 0) is 96.6 Å². The van der Waals surface area contributed by atoms with E-state index in [1.165, 1.54) is 71.5 Å². The molecule has 0 amide bonds. The van der Waals surface area contributed by atoms with Crippen LogP contribution in [0.1, 0.15) is 49.7 Å². The minimum Gasteiger partial charge on any atom is -0.256 e. The second kappa shape index (κ2) is 6.87. The van der Waals surface area contributed by atoms with Crippen LogP contribution in [0.2, 0.25) is 0 Å². The topological polar surface area (TPSA) is 25.8 Å². The van der Waals surface area contributed by atoms with Crippen molar-refractivity contribution >= 4 is 53.7 Å². The van der Waals surface area contributed by atoms with Crippen LogP contribution in [-0.4, -0.2) is 9.97 Å². The highest BCUT2D eigenvalue weighted by molar-refractivity contribution is 9.11. The second-order valence-corrected chi connectivity index (χ2v) is 12.2. The molecule has 4 saturated carbocycles. The lowest BCUT2D eigenvalue weighted by molar-refractivity contribution is -0.0270. The summed E-state index contributed by atoms with van der Waals surface area (Å²) in [4.78, 5) is 9.82. The maximum absolute atomic E-state index is 4.91. The molecule has 0 aliphatic heterocycles. The Balaban J connectivity index is 1.45. The molecule has 0 saturated heterocycles. The number of fused-ring (bicyclic) bond motifs is 2. The lowest BCUT2D eigenvalue weighted by Crippen LogP contribution is -2.56. The van der Waals surface area contributed by atoms with Crippen LogP contribution in [0.25, 0.3) is 21.8 Å². The van der Waals surface area contributed by atoms with Crippen LogP contribution in [-0.2, 0) is 10.8 Å². The maximum atomic E-state index is 4.91. The molecule has 4 aliphatic rings. The van der Waals surface area contributed by atoms with Crippen molar-refractivity contribution in [2.45, 2.75) is 49.4 Å². The average Bonchev–Trinajstić information content (AvgIpc) is 2.79. The van der Waals surface area contributed by atoms with Crippen molar-refractivity contribution in [2.24, 2.45) is 11.8 Å². The lowest BCUT2D eigenvalue weighted by Gasteiger charge is -2.62. The van der Waals surface area contributed by atoms with Gasteiger partial charge in [0, 0.05) is 32.1 Å². The zero-order chi connectivity index (χ0) is 21.5. The standard InChI is InChI=1S/C28H24Br2N2/c29-23-7-5-21(25-19(23)3-1-9-31-25)27-12-17-11-18(13-27)15-28(14-17,16-27)22-6-8-24(30)20-4-2-10-32-26(20)22/h1-10,17-18H,11-16H2. The van der Waals surface area contributed by atoms with Crippen LogP contribution in [0.3, 0.4) is 0 Å². The van der Waals surface area contributed by atoms with Gasteiger partial charge in [0.1, 0.15) is 0 Å². The van der Waals surface area contributed by atoms with Gasteiger partial charge in [-0.2, -0.15) is 0 Å². The van der Waals surface area contributed by atoms with E-state index in [0.717, 1.165) is 20.8 Å². The predicted octanol–water partition coefficient (Wildman–Crippen LogP) is 8.10. The Morgan fingerprint density at radius 2 is 1.12 bits per heavy atom. The molecule has 160 valence electrons. The lowest BCUT2D eigenvalue weighted by atomic mass is 9.41. The SMILES string of the molecule is Brc1ccc(C23CC4CC(C2)CC(c2ccc(Br)c5cccnc25)(C4)C3)c2ncccc12. The fraction of sp³-hybridized carbons (Fsp3) is 0.357. The van der Waals surface area contributed by atoms with Crippen LogP contribution in [0, 0.1) is 11.8 Å². The zero-order valence-electron chi connectivity index (χ0n) is 17.8. The van der Waals surface area contributed by atoms with E-state index in [1.54, 1.807) is 0 Å². The van der Waals surface area contributed by atoms with E-state index in [9.17, 15) is 0 Å². The number of hydrogen-bond acceptors (Lipinski definition) is 2. The van der Waals surface area contributed by atoms with Crippen molar-refractivity contribution in [3.8, 4) is 0 Å². The van der Waals surface area contributed by atoms with Crippen molar-refractivity contribution in [3.05, 3.63) is 81.0 Å². The van der Waals surface area contributed by atoms with Crippen LogP contribution >= 0.6 is 31.9 Å². The fourth-order valence-electron chi connectivity index (χ4n) is 8.02. The molecular weight excluding hydrogens is 524 g/mol. The molecule has 2 nitrogen and oxygen atoms in total. The molecule has 4 fully saturated rings. The van der Waals surface area contributed by atoms with Crippen molar-refractivity contribution in [3.63, 3.8) is 0 Å². The van der Waals surface area contributed by atoms with Gasteiger partial charge in [0.25, 0.3) is 0 Å². The Bertz CT molecular complexity index is 1280. The van der Waals surface area contributed by atoms with E-state index >= 15 is 0 Å². The summed E-state index contributed by atoms with van der Waals surface area (Å²) in [5, 5.41) is 2.48. The minimum atomic E-state index is 0.214. The molecule has 0 spiro atoms. The van der Waals surface area contributed by atoms with Gasteiger partial charge in [0.2, 0.25) is 0 Å². The van der Waals surface area contributed by atoms with Gasteiger partial charge in [-0.3, -0.25) is 9.97 Å². The number of rotatable bonds is 2. The smallest absolute Gasteiger partial charge is 0.0750 e. The molecule has 0 atom stereocenters. The van der Waals surface area contributed by atoms with Crippen LogP contribution < -0.4 is 0 Å². The highest BCUT2D eigenvalue weighted by Gasteiger charge is 2.59. The zero-order valence-corrected chi connectivity index (χ0v) is 21.0. The van der Waals surface area contributed by atoms with Gasteiger partial charge in [0.15, 0.2) is 0 Å². The Kier molecular flexibility index (Phi) is 4.22. The van der Waals surface area contributed by atoms with Crippen LogP contribution in [0.4, 0.5) is 0 Å². The third-order valence-corrected chi connectivity index (χ3v) is 10.0. The molecule has 4 bridgehead atoms. The third kappa shape index (κ3) is 2.69. The first kappa shape index (κ1) is 19.7. The van der Waals surface area contributed by atoms with Gasteiger partial charge < -0.3 is 0 Å². The molecule has 0 unspecified atom stereocenters. The molecule has 2 heterocycles. The summed E-state index contributed by atoms with van der Waals surface area (Å²) < 4.78 is 2.29. The molecule has 4 aromatic rings. The Morgan fingerprint density at radius 1 is 0.656 bits per heavy atom. The summed E-state index contributed by atoms with van der Waals surface area (Å²) in [5.41, 5.74) is 5.76. The molecule has 0 radical (unpaired) electrons. The summed E-state index contributed by atoms with van der Waals surface area (Å²) in [6.45, 7) is 0. The van der Waals surface area contributed by atoms with E-state index in [-0.39, 0.29) is 10.8 Å². The van der Waals surface area contributed by atoms with E-state index in [0.29, 0.717) is 0 Å². The van der Waals surface area contributed by atoms with Crippen molar-refractivity contribution in [1.82, 2.24) is 9.97 Å². The maximum Gasteiger partial charge on any atom is 0.0750 e. The molecular formula is C28H24Br2N2. The summed E-state index contributed by atoms with van der Waals surface area (Å²) in [7, 11) is 0. The fourth-order valence-corrected chi connectivity index (χ4v) is 8.93. The van der Waals surface area contributed by atoms with Crippen molar-refractivity contribution in [1.29, 1.82) is 0 Å². The number of pyridine rings is 2. The highest BCUT2D eigenvalue weighted by Crippen LogP contribution is 2.67. The van der Waals surface area contributed by atoms with Crippen LogP contribution in [0.15, 0.2) is 69.9 Å². The Morgan fingerprint density at radius 3 is 1.59 bits per heavy atom. The molecule has 0 N–H and O–H groups in total. The number of halogens is 2. The predicted molar refractivity (Wildman–Crippen MR) is 137 cm³/mol. The third-order valence-electron chi connectivity index (χ3n) is 8.64. The van der Waals surface area contributed by atoms with E-state index in [4.69, 9.17) is 9.97 Å². The monoisotopic (exact) mass is 546 g/mol. The number of nitrogens with zero attached hydrogens (tertiary/aromatic N) is 2. The second-order valence-electron chi connectivity index (χ2n) is 10.5. The van der Waals surface area contributed by atoms with E-state index in [1.807, 2.05) is 12.4 Å². The summed E-state index contributed by atoms with van der Waals surface area (Å²) in [5.74, 6) is 1.59. The van der Waals surface area contributed by atoms with Gasteiger partial charge in [-0.25, -0.2) is 0 Å². The normalized spacial score (nSPS) is 30.9. The largest absolute Gasteiger partial charge is 0.256 e. The molecule has 2 aromatic heterocycles. The first-order valence-electron chi connectivity index (χ1n) is 11.6. The van der Waals surface area contributed by atoms with Gasteiger partial charge in [-0.15, -0.1) is 0 Å². The van der Waals surface area contributed by atoms with Gasteiger partial charge >= 0.3 is 0 Å².